The van der Waals surface area contributed by atoms with Crippen LogP contribution in [0.15, 0.2) is 170 Å². The Hall–Kier alpha value is -6.34. The van der Waals surface area contributed by atoms with Crippen LogP contribution in [0.2, 0.25) is 0 Å². The molecule has 1 aliphatic rings. The summed E-state index contributed by atoms with van der Waals surface area (Å²) in [6.07, 6.45) is 1.97. The fourth-order valence-electron chi connectivity index (χ4n) is 8.11. The minimum absolute atomic E-state index is 0.436. The molecule has 7 aromatic carbocycles. The molecule has 0 saturated carbocycles. The van der Waals surface area contributed by atoms with Gasteiger partial charge in [0.15, 0.2) is 0 Å². The lowest BCUT2D eigenvalue weighted by molar-refractivity contribution is 0.00578. The number of imidazole rings is 1. The fourth-order valence-corrected chi connectivity index (χ4v) is 8.11. The third kappa shape index (κ3) is 5.64. The van der Waals surface area contributed by atoms with Crippen LogP contribution in [0.3, 0.4) is 0 Å². The van der Waals surface area contributed by atoms with Gasteiger partial charge in [0.1, 0.15) is 5.82 Å². The Bertz CT molecular complexity index is 2890. The average molecular weight is 726 g/mol. The number of para-hydroxylation sites is 3. The Kier molecular flexibility index (Phi) is 8.03. The predicted molar refractivity (Wildman–Crippen MR) is 231 cm³/mol. The zero-order valence-electron chi connectivity index (χ0n) is 31.9. The standard InChI is InChI=1S/C50H40BN3O2/c1-49(2)50(3,4)56-51(55-49)45-30-28-37(32-52-45)47-40-20-12-11-19-39(40)46(34-15-7-5-8-16-34)42-31-36(27-29-41(42)47)33-23-25-35(26-24-33)48-53-43-21-13-14-22-44(43)54(48)38-17-9-6-10-18-38/h5-32H,1-4H3. The van der Waals surface area contributed by atoms with E-state index in [1.54, 1.807) is 0 Å². The number of pyridine rings is 1. The largest absolute Gasteiger partial charge is 0.514 e. The molecule has 270 valence electrons. The molecule has 0 radical (unpaired) electrons. The van der Waals surface area contributed by atoms with Gasteiger partial charge in [-0.25, -0.2) is 4.98 Å². The van der Waals surface area contributed by atoms with Crippen LogP contribution < -0.4 is 5.59 Å². The molecule has 0 N–H and O–H groups in total. The van der Waals surface area contributed by atoms with Gasteiger partial charge >= 0.3 is 7.12 Å². The van der Waals surface area contributed by atoms with Crippen molar-refractivity contribution in [3.63, 3.8) is 0 Å². The maximum absolute atomic E-state index is 6.34. The number of fused-ring (bicyclic) bond motifs is 3. The van der Waals surface area contributed by atoms with Crippen LogP contribution in [0.25, 0.3) is 83.0 Å². The molecule has 1 fully saturated rings. The first kappa shape index (κ1) is 34.2. The van der Waals surface area contributed by atoms with E-state index in [4.69, 9.17) is 19.3 Å². The van der Waals surface area contributed by atoms with E-state index in [0.29, 0.717) is 0 Å². The number of benzene rings is 7. The van der Waals surface area contributed by atoms with Gasteiger partial charge in [0.05, 0.1) is 27.8 Å². The molecule has 56 heavy (non-hydrogen) atoms. The minimum atomic E-state index is -0.519. The smallest absolute Gasteiger partial charge is 0.398 e. The first-order chi connectivity index (χ1) is 27.3. The van der Waals surface area contributed by atoms with Crippen molar-refractivity contribution >= 4 is 45.3 Å². The Morgan fingerprint density at radius 3 is 1.71 bits per heavy atom. The fraction of sp³-hybridized carbons (Fsp3) is 0.120. The van der Waals surface area contributed by atoms with Crippen LogP contribution >= 0.6 is 0 Å². The highest BCUT2D eigenvalue weighted by Crippen LogP contribution is 2.45. The van der Waals surface area contributed by atoms with Gasteiger partial charge in [0.2, 0.25) is 0 Å². The zero-order chi connectivity index (χ0) is 38.0. The van der Waals surface area contributed by atoms with Gasteiger partial charge in [-0.05, 0) is 113 Å². The van der Waals surface area contributed by atoms with Gasteiger partial charge in [0, 0.05) is 23.0 Å². The van der Waals surface area contributed by atoms with Gasteiger partial charge in [-0.3, -0.25) is 9.55 Å². The first-order valence-electron chi connectivity index (χ1n) is 19.3. The van der Waals surface area contributed by atoms with Crippen LogP contribution in [0.5, 0.6) is 0 Å². The van der Waals surface area contributed by atoms with Crippen molar-refractivity contribution in [3.05, 3.63) is 170 Å². The summed E-state index contributed by atoms with van der Waals surface area (Å²) in [6, 6.07) is 58.2. The first-order valence-corrected chi connectivity index (χ1v) is 19.3. The third-order valence-corrected chi connectivity index (χ3v) is 11.7. The Morgan fingerprint density at radius 2 is 1.04 bits per heavy atom. The minimum Gasteiger partial charge on any atom is -0.398 e. The molecule has 0 atom stereocenters. The molecule has 1 aliphatic heterocycles. The molecule has 1 saturated heterocycles. The predicted octanol–water partition coefficient (Wildman–Crippen LogP) is 11.7. The Morgan fingerprint density at radius 1 is 0.482 bits per heavy atom. The van der Waals surface area contributed by atoms with Crippen LogP contribution in [-0.2, 0) is 9.31 Å². The number of aromatic nitrogens is 3. The van der Waals surface area contributed by atoms with E-state index in [-0.39, 0.29) is 0 Å². The molecule has 3 heterocycles. The van der Waals surface area contributed by atoms with Crippen molar-refractivity contribution in [2.45, 2.75) is 38.9 Å². The molecule has 10 rings (SSSR count). The van der Waals surface area contributed by atoms with E-state index in [9.17, 15) is 0 Å². The van der Waals surface area contributed by atoms with E-state index >= 15 is 0 Å². The third-order valence-electron chi connectivity index (χ3n) is 11.7. The molecule has 9 aromatic rings. The second-order valence-electron chi connectivity index (χ2n) is 15.7. The topological polar surface area (TPSA) is 49.2 Å². The van der Waals surface area contributed by atoms with Gasteiger partial charge in [-0.15, -0.1) is 0 Å². The lowest BCUT2D eigenvalue weighted by Gasteiger charge is -2.32. The summed E-state index contributed by atoms with van der Waals surface area (Å²) in [7, 11) is -0.519. The number of hydrogen-bond acceptors (Lipinski definition) is 4. The summed E-state index contributed by atoms with van der Waals surface area (Å²) in [5, 5.41) is 4.74. The Balaban J connectivity index is 1.11. The second kappa shape index (κ2) is 13.2. The molecule has 6 heteroatoms. The molecule has 0 unspecified atom stereocenters. The average Bonchev–Trinajstić information content (AvgIpc) is 3.73. The van der Waals surface area contributed by atoms with Crippen molar-refractivity contribution in [1.29, 1.82) is 0 Å². The van der Waals surface area contributed by atoms with Gasteiger partial charge < -0.3 is 9.31 Å². The molecule has 0 spiro atoms. The summed E-state index contributed by atoms with van der Waals surface area (Å²) < 4.78 is 14.9. The molecular formula is C50H40BN3O2. The summed E-state index contributed by atoms with van der Waals surface area (Å²) in [5.74, 6) is 0.919. The van der Waals surface area contributed by atoms with Crippen molar-refractivity contribution in [3.8, 4) is 50.5 Å². The summed E-state index contributed by atoms with van der Waals surface area (Å²) >= 11 is 0. The van der Waals surface area contributed by atoms with Crippen LogP contribution in [-0.4, -0.2) is 32.9 Å². The lowest BCUT2D eigenvalue weighted by atomic mass is 9.82. The molecular weight excluding hydrogens is 685 g/mol. The molecule has 0 bridgehead atoms. The van der Waals surface area contributed by atoms with Crippen LogP contribution in [0.4, 0.5) is 0 Å². The van der Waals surface area contributed by atoms with Gasteiger partial charge in [-0.2, -0.15) is 0 Å². The molecule has 0 aliphatic carbocycles. The maximum atomic E-state index is 6.34. The summed E-state index contributed by atoms with van der Waals surface area (Å²) in [6.45, 7) is 8.28. The van der Waals surface area contributed by atoms with Crippen molar-refractivity contribution in [2.24, 2.45) is 0 Å². The van der Waals surface area contributed by atoms with E-state index in [1.807, 2.05) is 24.4 Å². The molecule has 2 aromatic heterocycles. The SMILES string of the molecule is CC1(C)OB(c2ccc(-c3c4ccccc4c(-c4ccccc4)c4cc(-c5ccc(-c6nc7ccccc7n6-c6ccccc6)cc5)ccc34)cn2)OC1(C)C. The van der Waals surface area contributed by atoms with Gasteiger partial charge in [-0.1, -0.05) is 127 Å². The Labute approximate surface area is 327 Å². The van der Waals surface area contributed by atoms with Crippen LogP contribution in [0.1, 0.15) is 27.7 Å². The number of nitrogens with zero attached hydrogens (tertiary/aromatic N) is 3. The monoisotopic (exact) mass is 725 g/mol. The normalized spacial score (nSPS) is 14.9. The number of rotatable bonds is 6. The van der Waals surface area contributed by atoms with E-state index in [2.05, 4.69) is 178 Å². The zero-order valence-corrected chi connectivity index (χ0v) is 31.9. The highest BCUT2D eigenvalue weighted by atomic mass is 16.7. The van der Waals surface area contributed by atoms with Crippen molar-refractivity contribution < 1.29 is 9.31 Å². The van der Waals surface area contributed by atoms with E-state index in [0.717, 1.165) is 56.0 Å². The van der Waals surface area contributed by atoms with Crippen molar-refractivity contribution in [2.75, 3.05) is 0 Å². The van der Waals surface area contributed by atoms with E-state index in [1.165, 1.54) is 32.7 Å². The summed E-state index contributed by atoms with van der Waals surface area (Å²) in [4.78, 5) is 10.0. The lowest BCUT2D eigenvalue weighted by Crippen LogP contribution is -2.41. The van der Waals surface area contributed by atoms with Crippen molar-refractivity contribution in [1.82, 2.24) is 14.5 Å². The molecule has 0 amide bonds. The highest BCUT2D eigenvalue weighted by molar-refractivity contribution is 6.61. The van der Waals surface area contributed by atoms with Crippen LogP contribution in [0, 0.1) is 0 Å². The quantitative estimate of drug-likeness (QED) is 0.126. The second-order valence-corrected chi connectivity index (χ2v) is 15.7. The number of hydrogen-bond donors (Lipinski definition) is 0. The summed E-state index contributed by atoms with van der Waals surface area (Å²) in [5.41, 5.74) is 11.0. The molecule has 5 nitrogen and oxygen atoms in total. The highest BCUT2D eigenvalue weighted by Gasteiger charge is 2.52. The maximum Gasteiger partial charge on any atom is 0.514 e. The van der Waals surface area contributed by atoms with Gasteiger partial charge in [0.25, 0.3) is 0 Å². The van der Waals surface area contributed by atoms with E-state index < -0.39 is 18.3 Å².